The molecule has 1 atom stereocenters. The zero-order valence-electron chi connectivity index (χ0n) is 8.32. The highest BCUT2D eigenvalue weighted by Gasteiger charge is 2.16. The second-order valence-corrected chi connectivity index (χ2v) is 2.86. The van der Waals surface area contributed by atoms with E-state index in [4.69, 9.17) is 10.5 Å². The fraction of sp³-hybridized carbons (Fsp3) is 0.400. The Morgan fingerprint density at radius 2 is 1.80 bits per heavy atom. The van der Waals surface area contributed by atoms with E-state index in [1.54, 1.807) is 24.3 Å². The van der Waals surface area contributed by atoms with E-state index < -0.39 is 12.5 Å². The van der Waals surface area contributed by atoms with Crippen LogP contribution in [0.1, 0.15) is 18.5 Å². The minimum absolute atomic E-state index is 0. The number of hydrogen-bond acceptors (Lipinski definition) is 2. The molecule has 2 N–H and O–H groups in total. The Morgan fingerprint density at radius 3 is 2.20 bits per heavy atom. The molecule has 0 aliphatic rings. The van der Waals surface area contributed by atoms with Crippen molar-refractivity contribution in [3.63, 3.8) is 0 Å². The van der Waals surface area contributed by atoms with E-state index in [-0.39, 0.29) is 12.4 Å². The zero-order valence-corrected chi connectivity index (χ0v) is 9.14. The van der Waals surface area contributed by atoms with Crippen molar-refractivity contribution >= 4 is 12.4 Å². The number of ether oxygens (including phenoxy) is 1. The summed E-state index contributed by atoms with van der Waals surface area (Å²) in [6.07, 6.45) is -2.53. The van der Waals surface area contributed by atoms with Crippen LogP contribution in [0.2, 0.25) is 0 Å². The van der Waals surface area contributed by atoms with Gasteiger partial charge in [-0.05, 0) is 24.6 Å². The number of halogens is 3. The smallest absolute Gasteiger partial charge is 0.257 e. The number of nitrogens with two attached hydrogens (primary N) is 1. The van der Waals surface area contributed by atoms with Gasteiger partial charge in [0.15, 0.2) is 0 Å². The first-order chi connectivity index (χ1) is 6.65. The fourth-order valence-corrected chi connectivity index (χ4v) is 1.10. The molecular formula is C10H14ClF2NO. The Kier molecular flexibility index (Phi) is 6.20. The molecule has 0 fully saturated rings. The molecule has 1 unspecified atom stereocenters. The maximum atomic E-state index is 12.2. The lowest BCUT2D eigenvalue weighted by atomic mass is 10.1. The summed E-state index contributed by atoms with van der Waals surface area (Å²) in [5.41, 5.74) is 5.69. The van der Waals surface area contributed by atoms with Crippen molar-refractivity contribution in [2.75, 3.05) is 6.61 Å². The molecule has 0 amide bonds. The Labute approximate surface area is 93.8 Å². The quantitative estimate of drug-likeness (QED) is 0.874. The van der Waals surface area contributed by atoms with Gasteiger partial charge in [-0.1, -0.05) is 12.1 Å². The van der Waals surface area contributed by atoms with Gasteiger partial charge in [-0.25, -0.2) is 8.78 Å². The van der Waals surface area contributed by atoms with Crippen LogP contribution in [-0.2, 0) is 0 Å². The average Bonchev–Trinajstić information content (AvgIpc) is 2.18. The van der Waals surface area contributed by atoms with Gasteiger partial charge in [0, 0.05) is 0 Å². The normalized spacial score (nSPS) is 12.1. The highest BCUT2D eigenvalue weighted by atomic mass is 35.5. The monoisotopic (exact) mass is 237 g/mol. The molecule has 0 bridgehead atoms. The Morgan fingerprint density at radius 1 is 1.27 bits per heavy atom. The van der Waals surface area contributed by atoms with E-state index in [1.165, 1.54) is 0 Å². The van der Waals surface area contributed by atoms with Crippen molar-refractivity contribution in [2.45, 2.75) is 19.4 Å². The summed E-state index contributed by atoms with van der Waals surface area (Å²) in [4.78, 5) is 0. The van der Waals surface area contributed by atoms with E-state index >= 15 is 0 Å². The standard InChI is InChI=1S/C10H13F2NO.ClH/c1-2-14-8-5-3-7(4-6-8)9(13)10(11)12;/h3-6,9-10H,2,13H2,1H3;1H. The number of hydrogen-bond donors (Lipinski definition) is 1. The molecule has 15 heavy (non-hydrogen) atoms. The number of alkyl halides is 2. The molecule has 1 aromatic carbocycles. The van der Waals surface area contributed by atoms with E-state index in [9.17, 15) is 8.78 Å². The molecule has 86 valence electrons. The summed E-state index contributed by atoms with van der Waals surface area (Å²) >= 11 is 0. The van der Waals surface area contributed by atoms with Crippen LogP contribution in [0.5, 0.6) is 5.75 Å². The van der Waals surface area contributed by atoms with Crippen LogP contribution in [0.4, 0.5) is 8.78 Å². The molecule has 1 rings (SSSR count). The highest BCUT2D eigenvalue weighted by molar-refractivity contribution is 5.85. The molecule has 0 heterocycles. The molecule has 0 aliphatic carbocycles. The van der Waals surface area contributed by atoms with E-state index in [1.807, 2.05) is 6.92 Å². The van der Waals surface area contributed by atoms with Gasteiger partial charge >= 0.3 is 0 Å². The van der Waals surface area contributed by atoms with Crippen LogP contribution >= 0.6 is 12.4 Å². The van der Waals surface area contributed by atoms with E-state index in [2.05, 4.69) is 0 Å². The molecule has 0 saturated heterocycles. The van der Waals surface area contributed by atoms with Crippen molar-refractivity contribution in [3.05, 3.63) is 29.8 Å². The van der Waals surface area contributed by atoms with Gasteiger partial charge in [0.1, 0.15) is 5.75 Å². The first kappa shape index (κ1) is 14.1. The first-order valence-electron chi connectivity index (χ1n) is 4.41. The molecule has 1 aromatic rings. The summed E-state index contributed by atoms with van der Waals surface area (Å²) in [6, 6.07) is 5.18. The molecule has 5 heteroatoms. The van der Waals surface area contributed by atoms with Gasteiger partial charge in [0.25, 0.3) is 6.43 Å². The summed E-state index contributed by atoms with van der Waals surface area (Å²) in [5.74, 6) is 0.665. The van der Waals surface area contributed by atoms with Gasteiger partial charge < -0.3 is 10.5 Å². The second kappa shape index (κ2) is 6.58. The third-order valence-corrected chi connectivity index (χ3v) is 1.85. The third kappa shape index (κ3) is 4.01. The predicted molar refractivity (Wildman–Crippen MR) is 57.8 cm³/mol. The summed E-state index contributed by atoms with van der Waals surface area (Å²) in [6.45, 7) is 2.42. The van der Waals surface area contributed by atoms with Crippen molar-refractivity contribution < 1.29 is 13.5 Å². The number of benzene rings is 1. The lowest BCUT2D eigenvalue weighted by molar-refractivity contribution is 0.116. The van der Waals surface area contributed by atoms with Crippen molar-refractivity contribution in [1.29, 1.82) is 0 Å². The van der Waals surface area contributed by atoms with Crippen molar-refractivity contribution in [1.82, 2.24) is 0 Å². The summed E-state index contributed by atoms with van der Waals surface area (Å²) in [5, 5.41) is 0. The van der Waals surface area contributed by atoms with Crippen LogP contribution in [-0.4, -0.2) is 13.0 Å². The van der Waals surface area contributed by atoms with Crippen LogP contribution in [0.15, 0.2) is 24.3 Å². The third-order valence-electron chi connectivity index (χ3n) is 1.85. The molecule has 0 aromatic heterocycles. The molecule has 0 saturated carbocycles. The lowest BCUT2D eigenvalue weighted by Crippen LogP contribution is -2.18. The number of rotatable bonds is 4. The Balaban J connectivity index is 0.00000196. The Bertz CT molecular complexity index is 279. The predicted octanol–water partition coefficient (Wildman–Crippen LogP) is 2.77. The molecule has 0 spiro atoms. The summed E-state index contributed by atoms with van der Waals surface area (Å²) in [7, 11) is 0. The largest absolute Gasteiger partial charge is 0.494 e. The van der Waals surface area contributed by atoms with Gasteiger partial charge in [-0.3, -0.25) is 0 Å². The van der Waals surface area contributed by atoms with Crippen LogP contribution < -0.4 is 10.5 Å². The van der Waals surface area contributed by atoms with Crippen LogP contribution in [0, 0.1) is 0 Å². The van der Waals surface area contributed by atoms with Crippen LogP contribution in [0.25, 0.3) is 0 Å². The zero-order chi connectivity index (χ0) is 10.6. The van der Waals surface area contributed by atoms with Gasteiger partial charge in [-0.15, -0.1) is 12.4 Å². The molecule has 0 radical (unpaired) electrons. The topological polar surface area (TPSA) is 35.2 Å². The Hall–Kier alpha value is -0.870. The molecular weight excluding hydrogens is 224 g/mol. The van der Waals surface area contributed by atoms with E-state index in [0.717, 1.165) is 0 Å². The molecule has 0 aliphatic heterocycles. The lowest BCUT2D eigenvalue weighted by Gasteiger charge is -2.11. The van der Waals surface area contributed by atoms with E-state index in [0.29, 0.717) is 17.9 Å². The van der Waals surface area contributed by atoms with Crippen molar-refractivity contribution in [3.8, 4) is 5.75 Å². The van der Waals surface area contributed by atoms with Crippen molar-refractivity contribution in [2.24, 2.45) is 5.73 Å². The SMILES string of the molecule is CCOc1ccc(C(N)C(F)F)cc1.Cl. The van der Waals surface area contributed by atoms with Gasteiger partial charge in [0.2, 0.25) is 0 Å². The summed E-state index contributed by atoms with van der Waals surface area (Å²) < 4.78 is 29.6. The van der Waals surface area contributed by atoms with Crippen LogP contribution in [0.3, 0.4) is 0 Å². The minimum Gasteiger partial charge on any atom is -0.494 e. The second-order valence-electron chi connectivity index (χ2n) is 2.86. The molecule has 2 nitrogen and oxygen atoms in total. The first-order valence-corrected chi connectivity index (χ1v) is 4.41. The fourth-order valence-electron chi connectivity index (χ4n) is 1.10. The average molecular weight is 238 g/mol. The van der Waals surface area contributed by atoms with Gasteiger partial charge in [-0.2, -0.15) is 0 Å². The van der Waals surface area contributed by atoms with Gasteiger partial charge in [0.05, 0.1) is 12.6 Å². The maximum Gasteiger partial charge on any atom is 0.257 e. The minimum atomic E-state index is -2.53. The highest BCUT2D eigenvalue weighted by Crippen LogP contribution is 2.20. The maximum absolute atomic E-state index is 12.2.